The highest BCUT2D eigenvalue weighted by molar-refractivity contribution is 5.70. The van der Waals surface area contributed by atoms with Crippen molar-refractivity contribution in [3.8, 4) is 0 Å². The van der Waals surface area contributed by atoms with Crippen molar-refractivity contribution in [2.45, 2.75) is 212 Å². The van der Waals surface area contributed by atoms with Crippen LogP contribution in [0.15, 0.2) is 36.5 Å². The van der Waals surface area contributed by atoms with Gasteiger partial charge in [0.2, 0.25) is 0 Å². The molecule has 0 saturated heterocycles. The molecule has 0 aliphatic heterocycles. The van der Waals surface area contributed by atoms with E-state index in [-0.39, 0.29) is 38.6 Å². The fourth-order valence-corrected chi connectivity index (χ4v) is 6.37. The molecule has 0 heterocycles. The minimum atomic E-state index is -1.62. The van der Waals surface area contributed by atoms with E-state index in [2.05, 4.69) is 50.3 Å². The summed E-state index contributed by atoms with van der Waals surface area (Å²) in [4.78, 5) is 37.0. The van der Waals surface area contributed by atoms with Gasteiger partial charge in [-0.15, -0.1) is 0 Å². The molecule has 0 radical (unpaired) electrons. The second kappa shape index (κ2) is 41.3. The van der Waals surface area contributed by atoms with Gasteiger partial charge in [-0.25, -0.2) is 0 Å². The minimum Gasteiger partial charge on any atom is -0.545 e. The number of esters is 2. The van der Waals surface area contributed by atoms with Crippen LogP contribution in [-0.4, -0.2) is 82.3 Å². The SMILES string of the molecule is CCCC/C=C\C/C=C\CCCCCCCC(=O)OC(COC(=O)CCCCCCCCCCC/C=C\CCCCCCCC)COC(OCC[N+](C)(C)C)C(=O)[O-]. The molecule has 2 atom stereocenters. The van der Waals surface area contributed by atoms with E-state index in [1.807, 2.05) is 21.1 Å². The van der Waals surface area contributed by atoms with Crippen molar-refractivity contribution < 1.29 is 42.9 Å². The van der Waals surface area contributed by atoms with Gasteiger partial charge in [-0.05, 0) is 64.2 Å². The van der Waals surface area contributed by atoms with Gasteiger partial charge in [-0.1, -0.05) is 159 Å². The monoisotopic (exact) mass is 820 g/mol. The summed E-state index contributed by atoms with van der Waals surface area (Å²) in [6.45, 7) is 4.68. The van der Waals surface area contributed by atoms with Gasteiger partial charge >= 0.3 is 11.9 Å². The number of likely N-dealkylation sites (N-methyl/N-ethyl adjacent to an activating group) is 1. The first-order valence-electron chi connectivity index (χ1n) is 23.6. The van der Waals surface area contributed by atoms with Crippen LogP contribution in [0, 0.1) is 0 Å². The van der Waals surface area contributed by atoms with Crippen LogP contribution in [0.3, 0.4) is 0 Å². The van der Waals surface area contributed by atoms with Gasteiger partial charge in [0.05, 0.1) is 40.3 Å². The average Bonchev–Trinajstić information content (AvgIpc) is 3.18. The molecule has 0 fully saturated rings. The lowest BCUT2D eigenvalue weighted by atomic mass is 10.1. The highest BCUT2D eigenvalue weighted by atomic mass is 16.7. The predicted octanol–water partition coefficient (Wildman–Crippen LogP) is 11.3. The summed E-state index contributed by atoms with van der Waals surface area (Å²) in [6.07, 6.45) is 43.1. The number of carboxylic acids is 1. The number of aliphatic carboxylic acids is 1. The molecule has 0 N–H and O–H groups in total. The topological polar surface area (TPSA) is 111 Å². The zero-order valence-corrected chi connectivity index (χ0v) is 38.2. The van der Waals surface area contributed by atoms with Crippen LogP contribution in [0.1, 0.15) is 200 Å². The maximum atomic E-state index is 12.7. The predicted molar refractivity (Wildman–Crippen MR) is 237 cm³/mol. The van der Waals surface area contributed by atoms with E-state index in [0.29, 0.717) is 17.4 Å². The van der Waals surface area contributed by atoms with Crippen LogP contribution >= 0.6 is 0 Å². The van der Waals surface area contributed by atoms with E-state index in [4.69, 9.17) is 18.9 Å². The maximum absolute atomic E-state index is 12.7. The smallest absolute Gasteiger partial charge is 0.306 e. The number of carbonyl (C=O) groups is 3. The van der Waals surface area contributed by atoms with Crippen LogP contribution in [0.5, 0.6) is 0 Å². The third-order valence-corrected chi connectivity index (χ3v) is 10.1. The number of hydrogen-bond acceptors (Lipinski definition) is 8. The summed E-state index contributed by atoms with van der Waals surface area (Å²) in [5.41, 5.74) is 0. The summed E-state index contributed by atoms with van der Waals surface area (Å²) >= 11 is 0. The maximum Gasteiger partial charge on any atom is 0.306 e. The number of nitrogens with zero attached hydrogens (tertiary/aromatic N) is 1. The first-order chi connectivity index (χ1) is 28.1. The zero-order valence-electron chi connectivity index (χ0n) is 38.2. The Hall–Kier alpha value is -2.49. The van der Waals surface area contributed by atoms with Crippen LogP contribution in [0.4, 0.5) is 0 Å². The number of hydrogen-bond donors (Lipinski definition) is 0. The molecule has 0 aromatic heterocycles. The number of rotatable bonds is 43. The van der Waals surface area contributed by atoms with E-state index in [0.717, 1.165) is 64.2 Å². The van der Waals surface area contributed by atoms with Gasteiger partial charge in [-0.3, -0.25) is 9.59 Å². The number of quaternary nitrogens is 1. The highest BCUT2D eigenvalue weighted by Gasteiger charge is 2.21. The van der Waals surface area contributed by atoms with Gasteiger partial charge in [0.15, 0.2) is 12.4 Å². The molecule has 0 saturated carbocycles. The summed E-state index contributed by atoms with van der Waals surface area (Å²) in [7, 11) is 5.90. The van der Waals surface area contributed by atoms with Gasteiger partial charge in [-0.2, -0.15) is 0 Å². The molecule has 0 aliphatic rings. The Kier molecular flexibility index (Phi) is 39.5. The molecule has 0 amide bonds. The molecule has 338 valence electrons. The van der Waals surface area contributed by atoms with Crippen molar-refractivity contribution in [2.24, 2.45) is 0 Å². The van der Waals surface area contributed by atoms with Crippen LogP contribution in [0.25, 0.3) is 0 Å². The van der Waals surface area contributed by atoms with E-state index in [9.17, 15) is 19.5 Å². The van der Waals surface area contributed by atoms with E-state index in [1.54, 1.807) is 0 Å². The van der Waals surface area contributed by atoms with E-state index >= 15 is 0 Å². The molecule has 0 aromatic carbocycles. The van der Waals surface area contributed by atoms with Crippen molar-refractivity contribution in [3.63, 3.8) is 0 Å². The molecule has 2 unspecified atom stereocenters. The van der Waals surface area contributed by atoms with Gasteiger partial charge in [0.1, 0.15) is 13.2 Å². The minimum absolute atomic E-state index is 0.144. The van der Waals surface area contributed by atoms with Gasteiger partial charge < -0.3 is 33.3 Å². The lowest BCUT2D eigenvalue weighted by Gasteiger charge is -2.26. The number of carboxylic acid groups (broad SMARTS) is 1. The Balaban J connectivity index is 4.39. The van der Waals surface area contributed by atoms with Crippen molar-refractivity contribution in [2.75, 3.05) is 47.5 Å². The Bertz CT molecular complexity index is 1050. The van der Waals surface area contributed by atoms with Crippen molar-refractivity contribution in [1.29, 1.82) is 0 Å². The molecule has 58 heavy (non-hydrogen) atoms. The fourth-order valence-electron chi connectivity index (χ4n) is 6.37. The lowest BCUT2D eigenvalue weighted by molar-refractivity contribution is -0.870. The molecule has 0 rings (SSSR count). The molecule has 9 heteroatoms. The lowest BCUT2D eigenvalue weighted by Crippen LogP contribution is -2.44. The first-order valence-corrected chi connectivity index (χ1v) is 23.6. The Morgan fingerprint density at radius 3 is 1.43 bits per heavy atom. The number of allylic oxidation sites excluding steroid dienone is 6. The summed E-state index contributed by atoms with van der Waals surface area (Å²) in [6, 6.07) is 0. The number of ether oxygens (including phenoxy) is 4. The number of carbonyl (C=O) groups excluding carboxylic acids is 3. The molecular weight excluding hydrogens is 731 g/mol. The second-order valence-electron chi connectivity index (χ2n) is 17.0. The van der Waals surface area contributed by atoms with E-state index in [1.165, 1.54) is 103 Å². The zero-order chi connectivity index (χ0) is 42.8. The normalized spacial score (nSPS) is 13.2. The third-order valence-electron chi connectivity index (χ3n) is 10.1. The summed E-state index contributed by atoms with van der Waals surface area (Å²) in [5.74, 6) is -2.30. The molecule has 0 aliphatic carbocycles. The summed E-state index contributed by atoms with van der Waals surface area (Å²) in [5, 5.41) is 11.7. The largest absolute Gasteiger partial charge is 0.545 e. The quantitative estimate of drug-likeness (QED) is 0.0197. The van der Waals surface area contributed by atoms with Gasteiger partial charge in [0.25, 0.3) is 0 Å². The first kappa shape index (κ1) is 55.5. The summed E-state index contributed by atoms with van der Waals surface area (Å²) < 4.78 is 22.6. The average molecular weight is 820 g/mol. The van der Waals surface area contributed by atoms with Crippen molar-refractivity contribution in [1.82, 2.24) is 0 Å². The molecular formula is C49H89NO8. The van der Waals surface area contributed by atoms with Gasteiger partial charge in [0, 0.05) is 12.8 Å². The Labute approximate surface area is 356 Å². The standard InChI is InChI=1S/C49H89NO8/c1-6-8-10-12-14-16-18-20-22-23-24-25-26-28-29-31-33-35-37-39-46(51)56-43-45(44-57-49(48(53)54)55-42-41-50(3,4)5)58-47(52)40-38-36-34-32-30-27-21-19-17-15-13-11-9-7-2/h13,15,19-22,45,49H,6-12,14,16-18,23-44H2,1-5H3/b15-13-,21-19-,22-20-. The third kappa shape index (κ3) is 41.7. The van der Waals surface area contributed by atoms with Crippen LogP contribution in [0.2, 0.25) is 0 Å². The number of unbranched alkanes of at least 4 members (excludes halogenated alkanes) is 22. The molecule has 0 bridgehead atoms. The second-order valence-corrected chi connectivity index (χ2v) is 17.0. The van der Waals surface area contributed by atoms with Crippen LogP contribution < -0.4 is 5.11 Å². The van der Waals surface area contributed by atoms with Crippen LogP contribution in [-0.2, 0) is 33.3 Å². The Morgan fingerprint density at radius 2 is 0.948 bits per heavy atom. The van der Waals surface area contributed by atoms with Crippen molar-refractivity contribution >= 4 is 17.9 Å². The molecule has 9 nitrogen and oxygen atoms in total. The molecule has 0 spiro atoms. The molecule has 0 aromatic rings. The van der Waals surface area contributed by atoms with E-state index < -0.39 is 24.3 Å². The fraction of sp³-hybridized carbons (Fsp3) is 0.816. The van der Waals surface area contributed by atoms with Crippen molar-refractivity contribution in [3.05, 3.63) is 36.5 Å². The highest BCUT2D eigenvalue weighted by Crippen LogP contribution is 2.14. The Morgan fingerprint density at radius 1 is 0.517 bits per heavy atom.